The van der Waals surface area contributed by atoms with Crippen molar-refractivity contribution >= 4 is 17.5 Å². The highest BCUT2D eigenvalue weighted by Gasteiger charge is 2.20. The smallest absolute Gasteiger partial charge is 0.251 e. The van der Waals surface area contributed by atoms with Crippen molar-refractivity contribution in [3.63, 3.8) is 0 Å². The SMILES string of the molecule is COc1cc2c(cc1O)CN(Cc1ccccc1CNC(=O)c1ccc(Cl)cc1)CC2. The Kier molecular flexibility index (Phi) is 6.44. The van der Waals surface area contributed by atoms with Gasteiger partial charge in [0.1, 0.15) is 0 Å². The predicted octanol–water partition coefficient (Wildman–Crippen LogP) is 4.54. The number of hydrogen-bond acceptors (Lipinski definition) is 4. The molecule has 160 valence electrons. The molecule has 0 spiro atoms. The van der Waals surface area contributed by atoms with Gasteiger partial charge in [0, 0.05) is 36.8 Å². The molecule has 0 bridgehead atoms. The van der Waals surface area contributed by atoms with Gasteiger partial charge in [-0.2, -0.15) is 0 Å². The van der Waals surface area contributed by atoms with Crippen molar-refractivity contribution in [1.82, 2.24) is 10.2 Å². The monoisotopic (exact) mass is 436 g/mol. The van der Waals surface area contributed by atoms with Crippen LogP contribution < -0.4 is 10.1 Å². The number of nitrogens with one attached hydrogen (secondary N) is 1. The predicted molar refractivity (Wildman–Crippen MR) is 122 cm³/mol. The van der Waals surface area contributed by atoms with E-state index in [4.69, 9.17) is 16.3 Å². The molecule has 0 atom stereocenters. The molecule has 3 aromatic rings. The van der Waals surface area contributed by atoms with Crippen LogP contribution in [0.5, 0.6) is 11.5 Å². The Labute approximate surface area is 187 Å². The first kappa shape index (κ1) is 21.2. The number of benzene rings is 3. The molecule has 0 saturated heterocycles. The quantitative estimate of drug-likeness (QED) is 0.595. The van der Waals surface area contributed by atoms with E-state index in [0.717, 1.165) is 37.2 Å². The molecule has 0 unspecified atom stereocenters. The zero-order chi connectivity index (χ0) is 21.8. The van der Waals surface area contributed by atoms with Crippen LogP contribution in [0.25, 0.3) is 0 Å². The third-order valence-electron chi connectivity index (χ3n) is 5.65. The fourth-order valence-electron chi connectivity index (χ4n) is 3.93. The Morgan fingerprint density at radius 1 is 1.10 bits per heavy atom. The minimum Gasteiger partial charge on any atom is -0.504 e. The van der Waals surface area contributed by atoms with Crippen molar-refractivity contribution in [3.05, 3.63) is 93.5 Å². The Balaban J connectivity index is 1.42. The largest absolute Gasteiger partial charge is 0.504 e. The van der Waals surface area contributed by atoms with Crippen LogP contribution in [0, 0.1) is 0 Å². The van der Waals surface area contributed by atoms with Crippen LogP contribution in [0.3, 0.4) is 0 Å². The molecule has 0 aliphatic carbocycles. The lowest BCUT2D eigenvalue weighted by atomic mass is 9.97. The lowest BCUT2D eigenvalue weighted by Gasteiger charge is -2.30. The normalized spacial score (nSPS) is 13.5. The number of phenols is 1. The van der Waals surface area contributed by atoms with Gasteiger partial charge in [-0.05, 0) is 65.1 Å². The van der Waals surface area contributed by atoms with Crippen molar-refractivity contribution < 1.29 is 14.6 Å². The number of ether oxygens (including phenoxy) is 1. The number of rotatable bonds is 6. The van der Waals surface area contributed by atoms with Gasteiger partial charge in [0.25, 0.3) is 5.91 Å². The lowest BCUT2D eigenvalue weighted by Crippen LogP contribution is -2.31. The summed E-state index contributed by atoms with van der Waals surface area (Å²) in [7, 11) is 1.57. The number of aromatic hydroxyl groups is 1. The summed E-state index contributed by atoms with van der Waals surface area (Å²) in [6, 6.07) is 18.8. The number of halogens is 1. The van der Waals surface area contributed by atoms with E-state index in [1.807, 2.05) is 24.3 Å². The van der Waals surface area contributed by atoms with E-state index in [-0.39, 0.29) is 11.7 Å². The standard InChI is InChI=1S/C25H25ClN2O3/c1-31-24-13-18-10-11-28(16-21(18)12-23(24)29)15-20-5-3-2-4-19(20)14-27-25(30)17-6-8-22(26)9-7-17/h2-9,12-13,29H,10-11,14-16H2,1H3,(H,27,30). The minimum absolute atomic E-state index is 0.122. The number of nitrogens with zero attached hydrogens (tertiary/aromatic N) is 1. The van der Waals surface area contributed by atoms with Gasteiger partial charge in [0.05, 0.1) is 7.11 Å². The average molecular weight is 437 g/mol. The zero-order valence-corrected chi connectivity index (χ0v) is 18.2. The summed E-state index contributed by atoms with van der Waals surface area (Å²) in [4.78, 5) is 14.8. The van der Waals surface area contributed by atoms with E-state index in [2.05, 4.69) is 16.3 Å². The van der Waals surface area contributed by atoms with Crippen molar-refractivity contribution in [1.29, 1.82) is 0 Å². The third kappa shape index (κ3) is 5.01. The molecule has 1 amide bonds. The maximum absolute atomic E-state index is 12.5. The number of hydrogen-bond donors (Lipinski definition) is 2. The molecule has 1 heterocycles. The van der Waals surface area contributed by atoms with Crippen molar-refractivity contribution in [2.45, 2.75) is 26.1 Å². The molecule has 1 aliphatic heterocycles. The highest BCUT2D eigenvalue weighted by atomic mass is 35.5. The van der Waals surface area contributed by atoms with Crippen LogP contribution in [-0.4, -0.2) is 29.6 Å². The number of amides is 1. The molecule has 6 heteroatoms. The third-order valence-corrected chi connectivity index (χ3v) is 5.90. The fourth-order valence-corrected chi connectivity index (χ4v) is 4.06. The molecule has 4 rings (SSSR count). The van der Waals surface area contributed by atoms with E-state index in [0.29, 0.717) is 22.9 Å². The van der Waals surface area contributed by atoms with E-state index < -0.39 is 0 Å². The lowest BCUT2D eigenvalue weighted by molar-refractivity contribution is 0.0950. The molecule has 2 N–H and O–H groups in total. The summed E-state index contributed by atoms with van der Waals surface area (Å²) in [6.07, 6.45) is 0.904. The van der Waals surface area contributed by atoms with Gasteiger partial charge >= 0.3 is 0 Å². The second-order valence-corrected chi connectivity index (χ2v) is 8.15. The van der Waals surface area contributed by atoms with Crippen molar-refractivity contribution in [2.75, 3.05) is 13.7 Å². The maximum Gasteiger partial charge on any atom is 0.251 e. The number of carbonyl (C=O) groups is 1. The molecule has 0 saturated carbocycles. The first-order valence-corrected chi connectivity index (χ1v) is 10.6. The van der Waals surface area contributed by atoms with E-state index >= 15 is 0 Å². The van der Waals surface area contributed by atoms with Gasteiger partial charge in [-0.1, -0.05) is 35.9 Å². The highest BCUT2D eigenvalue weighted by Crippen LogP contribution is 2.32. The summed E-state index contributed by atoms with van der Waals surface area (Å²) in [5.41, 5.74) is 5.20. The van der Waals surface area contributed by atoms with Gasteiger partial charge < -0.3 is 15.2 Å². The van der Waals surface area contributed by atoms with Crippen LogP contribution in [0.2, 0.25) is 5.02 Å². The number of phenolic OH excluding ortho intramolecular Hbond substituents is 1. The van der Waals surface area contributed by atoms with Crippen LogP contribution in [-0.2, 0) is 26.1 Å². The van der Waals surface area contributed by atoms with Gasteiger partial charge in [0.15, 0.2) is 11.5 Å². The first-order chi connectivity index (χ1) is 15.0. The number of carbonyl (C=O) groups excluding carboxylic acids is 1. The van der Waals surface area contributed by atoms with Gasteiger partial charge in [-0.15, -0.1) is 0 Å². The summed E-state index contributed by atoms with van der Waals surface area (Å²) in [5, 5.41) is 13.7. The summed E-state index contributed by atoms with van der Waals surface area (Å²) < 4.78 is 5.23. The molecule has 0 fully saturated rings. The van der Waals surface area contributed by atoms with Crippen LogP contribution >= 0.6 is 11.6 Å². The summed E-state index contributed by atoms with van der Waals surface area (Å²) in [5.74, 6) is 0.574. The zero-order valence-electron chi connectivity index (χ0n) is 17.4. The highest BCUT2D eigenvalue weighted by molar-refractivity contribution is 6.30. The molecule has 0 aromatic heterocycles. The second kappa shape index (κ2) is 9.41. The Morgan fingerprint density at radius 3 is 2.58 bits per heavy atom. The van der Waals surface area contributed by atoms with Crippen LogP contribution in [0.4, 0.5) is 0 Å². The fraction of sp³-hybridized carbons (Fsp3) is 0.240. The summed E-state index contributed by atoms with van der Waals surface area (Å²) in [6.45, 7) is 2.92. The van der Waals surface area contributed by atoms with Crippen molar-refractivity contribution in [2.24, 2.45) is 0 Å². The van der Waals surface area contributed by atoms with E-state index in [9.17, 15) is 9.90 Å². The number of fused-ring (bicyclic) bond motifs is 1. The van der Waals surface area contributed by atoms with Gasteiger partial charge in [-0.3, -0.25) is 9.69 Å². The van der Waals surface area contributed by atoms with Crippen LogP contribution in [0.1, 0.15) is 32.6 Å². The van der Waals surface area contributed by atoms with Gasteiger partial charge in [-0.25, -0.2) is 0 Å². The Bertz CT molecular complexity index is 1080. The van der Waals surface area contributed by atoms with E-state index in [1.54, 1.807) is 37.4 Å². The second-order valence-electron chi connectivity index (χ2n) is 7.71. The molecule has 31 heavy (non-hydrogen) atoms. The van der Waals surface area contributed by atoms with E-state index in [1.165, 1.54) is 11.1 Å². The topological polar surface area (TPSA) is 61.8 Å². The van der Waals surface area contributed by atoms with Crippen molar-refractivity contribution in [3.8, 4) is 11.5 Å². The van der Waals surface area contributed by atoms with Crippen LogP contribution in [0.15, 0.2) is 60.7 Å². The molecule has 5 nitrogen and oxygen atoms in total. The molecule has 1 aliphatic rings. The number of methoxy groups -OCH3 is 1. The average Bonchev–Trinajstić information content (AvgIpc) is 2.78. The Morgan fingerprint density at radius 2 is 1.84 bits per heavy atom. The Hall–Kier alpha value is -3.02. The molecule has 0 radical (unpaired) electrons. The molecule has 3 aromatic carbocycles. The minimum atomic E-state index is -0.122. The molecular formula is C25H25ClN2O3. The first-order valence-electron chi connectivity index (χ1n) is 10.2. The molecular weight excluding hydrogens is 412 g/mol. The maximum atomic E-state index is 12.5. The summed E-state index contributed by atoms with van der Waals surface area (Å²) >= 11 is 5.90. The van der Waals surface area contributed by atoms with Gasteiger partial charge in [0.2, 0.25) is 0 Å².